The maximum absolute atomic E-state index is 12.1. The van der Waals surface area contributed by atoms with Gasteiger partial charge in [-0.1, -0.05) is 22.0 Å². The SMILES string of the molecule is COc1cc(OC)cc(C(=O)OCC(=O)Nc2ccc(C)c(Br)c2)c1. The van der Waals surface area contributed by atoms with Crippen LogP contribution in [0.3, 0.4) is 0 Å². The first-order valence-electron chi connectivity index (χ1n) is 7.39. The van der Waals surface area contributed by atoms with Crippen LogP contribution in [0.1, 0.15) is 15.9 Å². The predicted molar refractivity (Wildman–Crippen MR) is 97.3 cm³/mol. The second-order valence-electron chi connectivity index (χ2n) is 5.19. The molecule has 7 heteroatoms. The Morgan fingerprint density at radius 1 is 1.04 bits per heavy atom. The molecule has 6 nitrogen and oxygen atoms in total. The van der Waals surface area contributed by atoms with Crippen molar-refractivity contribution in [1.82, 2.24) is 0 Å². The molecule has 0 radical (unpaired) electrons. The smallest absolute Gasteiger partial charge is 0.338 e. The molecular formula is C18H18BrNO5. The number of anilines is 1. The highest BCUT2D eigenvalue weighted by Gasteiger charge is 2.13. The molecule has 0 aliphatic heterocycles. The first kappa shape index (κ1) is 18.8. The monoisotopic (exact) mass is 407 g/mol. The quantitative estimate of drug-likeness (QED) is 0.740. The van der Waals surface area contributed by atoms with E-state index < -0.39 is 18.5 Å². The summed E-state index contributed by atoms with van der Waals surface area (Å²) in [5.74, 6) is -0.156. The van der Waals surface area contributed by atoms with Crippen molar-refractivity contribution in [3.63, 3.8) is 0 Å². The molecule has 132 valence electrons. The van der Waals surface area contributed by atoms with E-state index in [4.69, 9.17) is 14.2 Å². The number of carbonyl (C=O) groups is 2. The molecule has 0 aromatic heterocycles. The van der Waals surface area contributed by atoms with Gasteiger partial charge in [-0.15, -0.1) is 0 Å². The highest BCUT2D eigenvalue weighted by Crippen LogP contribution is 2.23. The van der Waals surface area contributed by atoms with E-state index in [1.54, 1.807) is 18.2 Å². The molecule has 0 saturated carbocycles. The molecule has 0 heterocycles. The molecule has 0 bridgehead atoms. The Hall–Kier alpha value is -2.54. The minimum absolute atomic E-state index is 0.238. The number of carbonyl (C=O) groups excluding carboxylic acids is 2. The van der Waals surface area contributed by atoms with Crippen molar-refractivity contribution in [2.45, 2.75) is 6.92 Å². The van der Waals surface area contributed by atoms with Gasteiger partial charge in [0.05, 0.1) is 19.8 Å². The van der Waals surface area contributed by atoms with Crippen molar-refractivity contribution in [3.8, 4) is 11.5 Å². The van der Waals surface area contributed by atoms with Gasteiger partial charge in [-0.2, -0.15) is 0 Å². The van der Waals surface area contributed by atoms with Gasteiger partial charge in [-0.25, -0.2) is 4.79 Å². The van der Waals surface area contributed by atoms with E-state index in [1.165, 1.54) is 26.4 Å². The predicted octanol–water partition coefficient (Wildman–Crippen LogP) is 3.57. The average molecular weight is 408 g/mol. The maximum atomic E-state index is 12.1. The van der Waals surface area contributed by atoms with E-state index in [0.29, 0.717) is 17.2 Å². The van der Waals surface area contributed by atoms with Crippen LogP contribution in [0.5, 0.6) is 11.5 Å². The number of aryl methyl sites for hydroxylation is 1. The molecule has 0 atom stereocenters. The Labute approximate surface area is 154 Å². The minimum atomic E-state index is -0.641. The van der Waals surface area contributed by atoms with Crippen LogP contribution < -0.4 is 14.8 Å². The molecular weight excluding hydrogens is 390 g/mol. The summed E-state index contributed by atoms with van der Waals surface area (Å²) in [6.07, 6.45) is 0. The molecule has 2 aromatic rings. The number of halogens is 1. The van der Waals surface area contributed by atoms with Crippen LogP contribution in [0.4, 0.5) is 5.69 Å². The molecule has 25 heavy (non-hydrogen) atoms. The van der Waals surface area contributed by atoms with Gasteiger partial charge in [-0.05, 0) is 36.8 Å². The van der Waals surface area contributed by atoms with Crippen molar-refractivity contribution >= 4 is 33.5 Å². The van der Waals surface area contributed by atoms with Crippen LogP contribution in [-0.2, 0) is 9.53 Å². The zero-order valence-corrected chi connectivity index (χ0v) is 15.7. The third-order valence-electron chi connectivity index (χ3n) is 3.38. The number of benzene rings is 2. The molecule has 0 aliphatic rings. The van der Waals surface area contributed by atoms with E-state index in [-0.39, 0.29) is 5.56 Å². The fourth-order valence-corrected chi connectivity index (χ4v) is 2.39. The number of amides is 1. The standard InChI is InChI=1S/C18H18BrNO5/c1-11-4-5-13(8-16(11)19)20-17(21)10-25-18(22)12-6-14(23-2)9-15(7-12)24-3/h4-9H,10H2,1-3H3,(H,20,21). The molecule has 0 fully saturated rings. The first-order chi connectivity index (χ1) is 11.9. The van der Waals surface area contributed by atoms with Gasteiger partial charge in [0, 0.05) is 16.2 Å². The summed E-state index contributed by atoms with van der Waals surface area (Å²) < 4.78 is 16.1. The summed E-state index contributed by atoms with van der Waals surface area (Å²) in [5.41, 5.74) is 1.90. The van der Waals surface area contributed by atoms with E-state index in [2.05, 4.69) is 21.2 Å². The Morgan fingerprint density at radius 3 is 2.24 bits per heavy atom. The lowest BCUT2D eigenvalue weighted by Crippen LogP contribution is -2.21. The van der Waals surface area contributed by atoms with Crippen molar-refractivity contribution in [2.75, 3.05) is 26.1 Å². The fraction of sp³-hybridized carbons (Fsp3) is 0.222. The molecule has 0 unspecified atom stereocenters. The summed E-state index contributed by atoms with van der Waals surface area (Å²) in [6.45, 7) is 1.55. The van der Waals surface area contributed by atoms with E-state index in [0.717, 1.165) is 10.0 Å². The number of esters is 1. The highest BCUT2D eigenvalue weighted by molar-refractivity contribution is 9.10. The molecule has 2 rings (SSSR count). The number of nitrogens with one attached hydrogen (secondary N) is 1. The number of hydrogen-bond acceptors (Lipinski definition) is 5. The summed E-state index contributed by atoms with van der Waals surface area (Å²) >= 11 is 3.40. The Kier molecular flexibility index (Phi) is 6.41. The molecule has 1 N–H and O–H groups in total. The van der Waals surface area contributed by atoms with Crippen LogP contribution in [-0.4, -0.2) is 32.7 Å². The number of ether oxygens (including phenoxy) is 3. The van der Waals surface area contributed by atoms with Crippen LogP contribution >= 0.6 is 15.9 Å². The van der Waals surface area contributed by atoms with E-state index in [1.807, 2.05) is 13.0 Å². The van der Waals surface area contributed by atoms with Gasteiger partial charge in [-0.3, -0.25) is 4.79 Å². The second kappa shape index (κ2) is 8.53. The van der Waals surface area contributed by atoms with E-state index in [9.17, 15) is 9.59 Å². The highest BCUT2D eigenvalue weighted by atomic mass is 79.9. The summed E-state index contributed by atoms with van der Waals surface area (Å²) in [6, 6.07) is 10.1. The fourth-order valence-electron chi connectivity index (χ4n) is 2.01. The van der Waals surface area contributed by atoms with Gasteiger partial charge in [0.25, 0.3) is 5.91 Å². The Morgan fingerprint density at radius 2 is 1.68 bits per heavy atom. The van der Waals surface area contributed by atoms with Gasteiger partial charge in [0.1, 0.15) is 11.5 Å². The minimum Gasteiger partial charge on any atom is -0.497 e. The summed E-state index contributed by atoms with van der Waals surface area (Å²) in [7, 11) is 2.97. The average Bonchev–Trinajstić information content (AvgIpc) is 2.62. The Balaban J connectivity index is 1.97. The van der Waals surface area contributed by atoms with Crippen LogP contribution in [0.2, 0.25) is 0 Å². The zero-order chi connectivity index (χ0) is 18.4. The lowest BCUT2D eigenvalue weighted by Gasteiger charge is -2.10. The summed E-state index contributed by atoms with van der Waals surface area (Å²) in [4.78, 5) is 24.1. The van der Waals surface area contributed by atoms with Crippen molar-refractivity contribution in [1.29, 1.82) is 0 Å². The largest absolute Gasteiger partial charge is 0.497 e. The lowest BCUT2D eigenvalue weighted by atomic mass is 10.2. The van der Waals surface area contributed by atoms with Crippen LogP contribution in [0, 0.1) is 6.92 Å². The first-order valence-corrected chi connectivity index (χ1v) is 8.18. The van der Waals surface area contributed by atoms with Gasteiger partial charge >= 0.3 is 5.97 Å². The molecule has 2 aromatic carbocycles. The van der Waals surface area contributed by atoms with Crippen molar-refractivity contribution in [2.24, 2.45) is 0 Å². The third kappa shape index (κ3) is 5.22. The molecule has 0 saturated heterocycles. The zero-order valence-electron chi connectivity index (χ0n) is 14.1. The van der Waals surface area contributed by atoms with Crippen molar-refractivity contribution in [3.05, 3.63) is 52.0 Å². The number of methoxy groups -OCH3 is 2. The van der Waals surface area contributed by atoms with Gasteiger partial charge in [0.2, 0.25) is 0 Å². The maximum Gasteiger partial charge on any atom is 0.338 e. The van der Waals surface area contributed by atoms with Crippen LogP contribution in [0.25, 0.3) is 0 Å². The van der Waals surface area contributed by atoms with E-state index >= 15 is 0 Å². The molecule has 0 spiro atoms. The lowest BCUT2D eigenvalue weighted by molar-refractivity contribution is -0.119. The summed E-state index contributed by atoms with van der Waals surface area (Å²) in [5, 5.41) is 2.67. The van der Waals surface area contributed by atoms with Crippen LogP contribution in [0.15, 0.2) is 40.9 Å². The topological polar surface area (TPSA) is 73.9 Å². The second-order valence-corrected chi connectivity index (χ2v) is 6.04. The van der Waals surface area contributed by atoms with Crippen molar-refractivity contribution < 1.29 is 23.8 Å². The third-order valence-corrected chi connectivity index (χ3v) is 4.23. The molecule has 1 amide bonds. The van der Waals surface area contributed by atoms with Gasteiger partial charge < -0.3 is 19.5 Å². The molecule has 0 aliphatic carbocycles. The number of rotatable bonds is 6. The normalized spacial score (nSPS) is 10.1. The van der Waals surface area contributed by atoms with Gasteiger partial charge in [0.15, 0.2) is 6.61 Å². The Bertz CT molecular complexity index is 769. The number of hydrogen-bond donors (Lipinski definition) is 1.